The molecule has 0 amide bonds. The summed E-state index contributed by atoms with van der Waals surface area (Å²) in [7, 11) is 0. The van der Waals surface area contributed by atoms with E-state index < -0.39 is 0 Å². The molecule has 2 nitrogen and oxygen atoms in total. The summed E-state index contributed by atoms with van der Waals surface area (Å²) in [4.78, 5) is 8.31. The van der Waals surface area contributed by atoms with E-state index in [4.69, 9.17) is 0 Å². The van der Waals surface area contributed by atoms with Crippen LogP contribution in [-0.4, -0.2) is 11.2 Å². The van der Waals surface area contributed by atoms with Crippen molar-refractivity contribution in [2.75, 3.05) is 0 Å². The van der Waals surface area contributed by atoms with Crippen molar-refractivity contribution < 1.29 is 0 Å². The molecule has 0 aliphatic heterocycles. The van der Waals surface area contributed by atoms with Gasteiger partial charge in [0.25, 0.3) is 0 Å². The van der Waals surface area contributed by atoms with E-state index in [9.17, 15) is 0 Å². The number of hydrogen-bond acceptors (Lipinski definition) is 2. The first-order chi connectivity index (χ1) is 5.43. The van der Waals surface area contributed by atoms with Gasteiger partial charge in [-0.1, -0.05) is 13.0 Å². The van der Waals surface area contributed by atoms with Crippen LogP contribution in [0.1, 0.15) is 19.0 Å². The molecular weight excluding hydrogens is 136 g/mol. The van der Waals surface area contributed by atoms with Gasteiger partial charge in [0.15, 0.2) is 0 Å². The SMILES string of the molecule is CCC=NCc1ccccn1. The highest BCUT2D eigenvalue weighted by Crippen LogP contribution is 1.94. The van der Waals surface area contributed by atoms with Gasteiger partial charge in [0.1, 0.15) is 0 Å². The molecule has 11 heavy (non-hydrogen) atoms. The van der Waals surface area contributed by atoms with Gasteiger partial charge in [-0.25, -0.2) is 0 Å². The fourth-order valence-corrected chi connectivity index (χ4v) is 0.779. The zero-order chi connectivity index (χ0) is 7.94. The van der Waals surface area contributed by atoms with Gasteiger partial charge in [-0.3, -0.25) is 9.98 Å². The standard InChI is InChI=1S/C9H12N2/c1-2-6-10-8-9-5-3-4-7-11-9/h3-7H,2,8H2,1H3. The minimum Gasteiger partial charge on any atom is -0.291 e. The molecule has 0 saturated heterocycles. The molecule has 0 atom stereocenters. The third-order valence-corrected chi connectivity index (χ3v) is 1.29. The molecule has 1 heterocycles. The summed E-state index contributed by atoms with van der Waals surface area (Å²) >= 11 is 0. The molecule has 1 aromatic heterocycles. The molecule has 0 saturated carbocycles. The monoisotopic (exact) mass is 148 g/mol. The van der Waals surface area contributed by atoms with Crippen LogP contribution in [0.4, 0.5) is 0 Å². The van der Waals surface area contributed by atoms with Gasteiger partial charge in [-0.15, -0.1) is 0 Å². The Kier molecular flexibility index (Phi) is 3.32. The molecule has 2 heteroatoms. The quantitative estimate of drug-likeness (QED) is 0.602. The van der Waals surface area contributed by atoms with Crippen LogP contribution in [0.2, 0.25) is 0 Å². The highest BCUT2D eigenvalue weighted by Gasteiger charge is 1.86. The summed E-state index contributed by atoms with van der Waals surface area (Å²) in [5.74, 6) is 0. The second kappa shape index (κ2) is 4.61. The van der Waals surface area contributed by atoms with E-state index in [2.05, 4.69) is 16.9 Å². The van der Waals surface area contributed by atoms with Gasteiger partial charge in [-0.05, 0) is 24.8 Å². The Morgan fingerprint density at radius 1 is 1.55 bits per heavy atom. The van der Waals surface area contributed by atoms with Gasteiger partial charge >= 0.3 is 0 Å². The molecule has 1 rings (SSSR count). The summed E-state index contributed by atoms with van der Waals surface area (Å²) < 4.78 is 0. The van der Waals surface area contributed by atoms with E-state index in [0.29, 0.717) is 6.54 Å². The predicted molar refractivity (Wildman–Crippen MR) is 46.7 cm³/mol. The lowest BCUT2D eigenvalue weighted by Gasteiger charge is -1.91. The van der Waals surface area contributed by atoms with Crippen molar-refractivity contribution in [3.63, 3.8) is 0 Å². The van der Waals surface area contributed by atoms with Crippen LogP contribution in [0.25, 0.3) is 0 Å². The highest BCUT2D eigenvalue weighted by atomic mass is 14.8. The van der Waals surface area contributed by atoms with Crippen molar-refractivity contribution in [3.05, 3.63) is 30.1 Å². The summed E-state index contributed by atoms with van der Waals surface area (Å²) in [6.07, 6.45) is 4.69. The summed E-state index contributed by atoms with van der Waals surface area (Å²) in [6, 6.07) is 5.86. The zero-order valence-corrected chi connectivity index (χ0v) is 6.70. The van der Waals surface area contributed by atoms with Crippen molar-refractivity contribution in [3.8, 4) is 0 Å². The average molecular weight is 148 g/mol. The van der Waals surface area contributed by atoms with Crippen LogP contribution in [0, 0.1) is 0 Å². The fraction of sp³-hybridized carbons (Fsp3) is 0.333. The number of nitrogens with zero attached hydrogens (tertiary/aromatic N) is 2. The van der Waals surface area contributed by atoms with Crippen LogP contribution in [0.15, 0.2) is 29.4 Å². The number of aliphatic imine (C=N–C) groups is 1. The van der Waals surface area contributed by atoms with Crippen molar-refractivity contribution >= 4 is 6.21 Å². The Bertz CT molecular complexity index is 216. The fourth-order valence-electron chi connectivity index (χ4n) is 0.779. The van der Waals surface area contributed by atoms with E-state index in [0.717, 1.165) is 12.1 Å². The Balaban J connectivity index is 2.45. The van der Waals surface area contributed by atoms with Crippen molar-refractivity contribution in [2.24, 2.45) is 4.99 Å². The van der Waals surface area contributed by atoms with Crippen LogP contribution < -0.4 is 0 Å². The molecule has 0 unspecified atom stereocenters. The van der Waals surface area contributed by atoms with Gasteiger partial charge < -0.3 is 0 Å². The largest absolute Gasteiger partial charge is 0.291 e. The van der Waals surface area contributed by atoms with E-state index in [1.807, 2.05) is 24.4 Å². The van der Waals surface area contributed by atoms with Crippen LogP contribution in [0.5, 0.6) is 0 Å². The first-order valence-corrected chi connectivity index (χ1v) is 3.81. The Labute approximate surface area is 67.0 Å². The highest BCUT2D eigenvalue weighted by molar-refractivity contribution is 5.56. The molecule has 58 valence electrons. The van der Waals surface area contributed by atoms with Crippen LogP contribution in [-0.2, 0) is 6.54 Å². The molecular formula is C9H12N2. The number of pyridine rings is 1. The van der Waals surface area contributed by atoms with E-state index in [-0.39, 0.29) is 0 Å². The molecule has 0 aliphatic carbocycles. The Hall–Kier alpha value is -1.18. The lowest BCUT2D eigenvalue weighted by atomic mass is 10.3. The minimum atomic E-state index is 0.703. The summed E-state index contributed by atoms with van der Waals surface area (Å²) in [5, 5.41) is 0. The topological polar surface area (TPSA) is 25.2 Å². The third-order valence-electron chi connectivity index (χ3n) is 1.29. The van der Waals surface area contributed by atoms with Crippen molar-refractivity contribution in [1.29, 1.82) is 0 Å². The van der Waals surface area contributed by atoms with E-state index in [1.165, 1.54) is 0 Å². The van der Waals surface area contributed by atoms with Crippen LogP contribution in [0.3, 0.4) is 0 Å². The molecule has 0 fully saturated rings. The molecule has 0 N–H and O–H groups in total. The number of rotatable bonds is 3. The first kappa shape index (κ1) is 7.92. The summed E-state index contributed by atoms with van der Waals surface area (Å²) in [5.41, 5.74) is 1.03. The van der Waals surface area contributed by atoms with Crippen molar-refractivity contribution in [1.82, 2.24) is 4.98 Å². The van der Waals surface area contributed by atoms with Crippen molar-refractivity contribution in [2.45, 2.75) is 19.9 Å². The van der Waals surface area contributed by atoms with Crippen LogP contribution >= 0.6 is 0 Å². The zero-order valence-electron chi connectivity index (χ0n) is 6.70. The van der Waals surface area contributed by atoms with Gasteiger partial charge in [0.2, 0.25) is 0 Å². The first-order valence-electron chi connectivity index (χ1n) is 3.81. The molecule has 0 aliphatic rings. The second-order valence-corrected chi connectivity index (χ2v) is 2.25. The molecule has 0 aromatic carbocycles. The maximum absolute atomic E-state index is 4.17. The van der Waals surface area contributed by atoms with Gasteiger partial charge in [-0.2, -0.15) is 0 Å². The summed E-state index contributed by atoms with van der Waals surface area (Å²) in [6.45, 7) is 2.77. The molecule has 0 bridgehead atoms. The maximum Gasteiger partial charge on any atom is 0.0807 e. The number of aromatic nitrogens is 1. The Morgan fingerprint density at radius 2 is 2.45 bits per heavy atom. The lowest BCUT2D eigenvalue weighted by Crippen LogP contribution is -1.85. The van der Waals surface area contributed by atoms with Gasteiger partial charge in [0, 0.05) is 6.20 Å². The smallest absolute Gasteiger partial charge is 0.0807 e. The third kappa shape index (κ3) is 2.94. The maximum atomic E-state index is 4.17. The van der Waals surface area contributed by atoms with Gasteiger partial charge in [0.05, 0.1) is 12.2 Å². The molecule has 0 spiro atoms. The number of hydrogen-bond donors (Lipinski definition) is 0. The van der Waals surface area contributed by atoms with E-state index >= 15 is 0 Å². The lowest BCUT2D eigenvalue weighted by molar-refractivity contribution is 0.989. The minimum absolute atomic E-state index is 0.703. The van der Waals surface area contributed by atoms with E-state index in [1.54, 1.807) is 6.20 Å². The second-order valence-electron chi connectivity index (χ2n) is 2.25. The Morgan fingerprint density at radius 3 is 3.09 bits per heavy atom. The average Bonchev–Trinajstić information content (AvgIpc) is 2.07. The normalized spacial score (nSPS) is 10.6. The predicted octanol–water partition coefficient (Wildman–Crippen LogP) is 2.06. The molecule has 0 radical (unpaired) electrons. The molecule has 1 aromatic rings.